The minimum absolute atomic E-state index is 0.342. The van der Waals surface area contributed by atoms with Gasteiger partial charge in [0.15, 0.2) is 0 Å². The van der Waals surface area contributed by atoms with Crippen LogP contribution in [0, 0.1) is 10.8 Å². The molecule has 1 aromatic rings. The van der Waals surface area contributed by atoms with Crippen LogP contribution in [0.15, 0.2) is 30.3 Å². The van der Waals surface area contributed by atoms with E-state index in [9.17, 15) is 8.42 Å². The van der Waals surface area contributed by atoms with Gasteiger partial charge in [0.25, 0.3) is 10.1 Å². The Morgan fingerprint density at radius 3 is 1.68 bits per heavy atom. The average molecular weight is 286 g/mol. The Bertz CT molecular complexity index is 460. The first-order valence-corrected chi connectivity index (χ1v) is 8.14. The van der Waals surface area contributed by atoms with E-state index >= 15 is 0 Å². The van der Waals surface area contributed by atoms with E-state index < -0.39 is 10.1 Å². The molecule has 0 aromatic heterocycles. The molecule has 0 aliphatic heterocycles. The van der Waals surface area contributed by atoms with Crippen LogP contribution in [-0.2, 0) is 16.5 Å². The molecule has 0 saturated heterocycles. The zero-order valence-electron chi connectivity index (χ0n) is 12.8. The maximum absolute atomic E-state index is 9.19. The maximum Gasteiger partial charge on any atom is 0.261 e. The topological polar surface area (TPSA) is 54.4 Å². The van der Waals surface area contributed by atoms with Gasteiger partial charge in [0.1, 0.15) is 0 Å². The zero-order valence-corrected chi connectivity index (χ0v) is 13.6. The average Bonchev–Trinajstić information content (AvgIpc) is 2.13. The van der Waals surface area contributed by atoms with Gasteiger partial charge >= 0.3 is 0 Å². The van der Waals surface area contributed by atoms with E-state index in [1.807, 2.05) is 0 Å². The molecule has 0 heterocycles. The molecule has 0 unspecified atom stereocenters. The van der Waals surface area contributed by atoms with Crippen LogP contribution in [0.25, 0.3) is 0 Å². The fourth-order valence-electron chi connectivity index (χ4n) is 1.37. The molecular formula is C15H26O3S. The minimum Gasteiger partial charge on any atom is -0.286 e. The summed E-state index contributed by atoms with van der Waals surface area (Å²) >= 11 is 0. The Morgan fingerprint density at radius 2 is 1.37 bits per heavy atom. The van der Waals surface area contributed by atoms with Crippen LogP contribution < -0.4 is 0 Å². The van der Waals surface area contributed by atoms with Crippen molar-refractivity contribution in [2.45, 2.75) is 41.0 Å². The van der Waals surface area contributed by atoms with Crippen LogP contribution in [0.1, 0.15) is 40.2 Å². The maximum atomic E-state index is 9.19. The Labute approximate surface area is 117 Å². The normalized spacial score (nSPS) is 12.6. The predicted octanol–water partition coefficient (Wildman–Crippen LogP) is 3.81. The van der Waals surface area contributed by atoms with E-state index in [2.05, 4.69) is 65.0 Å². The van der Waals surface area contributed by atoms with Gasteiger partial charge < -0.3 is 0 Å². The van der Waals surface area contributed by atoms with Gasteiger partial charge in [-0.3, -0.25) is 4.55 Å². The van der Waals surface area contributed by atoms with Crippen molar-refractivity contribution in [1.82, 2.24) is 0 Å². The lowest BCUT2D eigenvalue weighted by molar-refractivity contribution is 0.132. The molecule has 1 N–H and O–H groups in total. The third kappa shape index (κ3) is 8.78. The van der Waals surface area contributed by atoms with E-state index in [0.29, 0.717) is 17.1 Å². The van der Waals surface area contributed by atoms with Crippen molar-refractivity contribution in [3.05, 3.63) is 35.9 Å². The summed E-state index contributed by atoms with van der Waals surface area (Å²) in [5.41, 5.74) is 2.13. The molecule has 0 radical (unpaired) electrons. The lowest BCUT2D eigenvalue weighted by atomic mass is 9.66. The summed E-state index contributed by atoms with van der Waals surface area (Å²) in [6.07, 6.45) is 1.87. The third-order valence-electron chi connectivity index (χ3n) is 3.52. The summed E-state index contributed by atoms with van der Waals surface area (Å²) in [6, 6.07) is 10.7. The second-order valence-electron chi connectivity index (χ2n) is 6.53. The van der Waals surface area contributed by atoms with Gasteiger partial charge in [0, 0.05) is 0 Å². The highest BCUT2D eigenvalue weighted by molar-refractivity contribution is 7.85. The summed E-state index contributed by atoms with van der Waals surface area (Å²) in [4.78, 5) is 0. The molecule has 1 rings (SSSR count). The van der Waals surface area contributed by atoms with Gasteiger partial charge in [-0.2, -0.15) is 8.42 Å². The summed E-state index contributed by atoms with van der Waals surface area (Å²) in [5, 5.41) is 0. The zero-order chi connectivity index (χ0) is 15.3. The number of rotatable bonds is 2. The van der Waals surface area contributed by atoms with E-state index in [0.717, 1.165) is 6.42 Å². The molecule has 110 valence electrons. The van der Waals surface area contributed by atoms with Crippen molar-refractivity contribution in [3.63, 3.8) is 0 Å². The Kier molecular flexibility index (Phi) is 6.23. The van der Waals surface area contributed by atoms with Gasteiger partial charge in [-0.1, -0.05) is 65.0 Å². The van der Waals surface area contributed by atoms with Gasteiger partial charge in [-0.05, 0) is 22.8 Å². The summed E-state index contributed by atoms with van der Waals surface area (Å²) in [7, 11) is -3.67. The van der Waals surface area contributed by atoms with E-state index in [4.69, 9.17) is 4.55 Å². The number of benzene rings is 1. The molecule has 0 atom stereocenters. The fraction of sp³-hybridized carbons (Fsp3) is 0.600. The van der Waals surface area contributed by atoms with Crippen LogP contribution in [0.4, 0.5) is 0 Å². The number of hydrogen-bond acceptors (Lipinski definition) is 2. The quantitative estimate of drug-likeness (QED) is 0.841. The molecule has 0 bridgehead atoms. The molecule has 3 nitrogen and oxygen atoms in total. The molecule has 0 aliphatic carbocycles. The third-order valence-corrected chi connectivity index (χ3v) is 3.52. The van der Waals surface area contributed by atoms with Crippen molar-refractivity contribution < 1.29 is 13.0 Å². The van der Waals surface area contributed by atoms with Gasteiger partial charge in [0.05, 0.1) is 6.26 Å². The van der Waals surface area contributed by atoms with Gasteiger partial charge in [-0.25, -0.2) is 0 Å². The summed E-state index contributed by atoms with van der Waals surface area (Å²) < 4.78 is 25.9. The first-order valence-electron chi connectivity index (χ1n) is 6.29. The Morgan fingerprint density at radius 1 is 1.00 bits per heavy atom. The molecule has 4 heteroatoms. The van der Waals surface area contributed by atoms with Crippen molar-refractivity contribution in [1.29, 1.82) is 0 Å². The highest BCUT2D eigenvalue weighted by Gasteiger charge is 2.32. The van der Waals surface area contributed by atoms with Crippen LogP contribution in [0.3, 0.4) is 0 Å². The van der Waals surface area contributed by atoms with Crippen LogP contribution in [0.5, 0.6) is 0 Å². The van der Waals surface area contributed by atoms with E-state index in [-0.39, 0.29) is 0 Å². The molecule has 0 saturated carbocycles. The smallest absolute Gasteiger partial charge is 0.261 e. The Balaban J connectivity index is 0.000000555. The largest absolute Gasteiger partial charge is 0.286 e. The summed E-state index contributed by atoms with van der Waals surface area (Å²) in [5.74, 6) is 0. The molecular weight excluding hydrogens is 260 g/mol. The van der Waals surface area contributed by atoms with Crippen LogP contribution in [-0.4, -0.2) is 19.2 Å². The summed E-state index contributed by atoms with van der Waals surface area (Å²) in [6.45, 7) is 11.6. The van der Waals surface area contributed by atoms with Crippen molar-refractivity contribution in [2.75, 3.05) is 6.26 Å². The predicted molar refractivity (Wildman–Crippen MR) is 80.9 cm³/mol. The lowest BCUT2D eigenvalue weighted by Gasteiger charge is -2.39. The van der Waals surface area contributed by atoms with Crippen molar-refractivity contribution in [2.24, 2.45) is 10.8 Å². The first-order chi connectivity index (χ1) is 8.33. The fourth-order valence-corrected chi connectivity index (χ4v) is 1.37. The van der Waals surface area contributed by atoms with Crippen molar-refractivity contribution in [3.8, 4) is 0 Å². The first kappa shape index (κ1) is 18.1. The monoisotopic (exact) mass is 286 g/mol. The molecule has 1 aromatic carbocycles. The molecule has 0 aliphatic rings. The van der Waals surface area contributed by atoms with Crippen LogP contribution in [0.2, 0.25) is 0 Å². The molecule has 19 heavy (non-hydrogen) atoms. The van der Waals surface area contributed by atoms with E-state index in [1.54, 1.807) is 0 Å². The highest BCUT2D eigenvalue weighted by Crippen LogP contribution is 2.40. The van der Waals surface area contributed by atoms with Gasteiger partial charge in [0.2, 0.25) is 0 Å². The molecule has 0 amide bonds. The van der Waals surface area contributed by atoms with E-state index in [1.165, 1.54) is 5.56 Å². The minimum atomic E-state index is -3.67. The van der Waals surface area contributed by atoms with Crippen molar-refractivity contribution >= 4 is 10.1 Å². The number of hydrogen-bond donors (Lipinski definition) is 1. The standard InChI is InChI=1S/C14H22.CH4O3S/c1-13(2,3)14(4,5)11-12-9-7-6-8-10-12;1-5(2,3)4/h6-10H,11H2,1-5H3;1H3,(H,2,3,4). The second kappa shape index (κ2) is 6.53. The Hall–Kier alpha value is -0.870. The molecule has 0 fully saturated rings. The second-order valence-corrected chi connectivity index (χ2v) is 8.00. The van der Waals surface area contributed by atoms with Gasteiger partial charge in [-0.15, -0.1) is 0 Å². The highest BCUT2D eigenvalue weighted by atomic mass is 32.2. The SMILES string of the molecule is CC(C)(C)C(C)(C)Cc1ccccc1.CS(=O)(=O)O. The molecule has 0 spiro atoms. The van der Waals surface area contributed by atoms with Crippen LogP contribution >= 0.6 is 0 Å². The lowest BCUT2D eigenvalue weighted by Crippen LogP contribution is -2.31.